The van der Waals surface area contributed by atoms with Gasteiger partial charge in [0.25, 0.3) is 0 Å². The third-order valence-electron chi connectivity index (χ3n) is 3.24. The summed E-state index contributed by atoms with van der Waals surface area (Å²) in [6.07, 6.45) is 2.08. The van der Waals surface area contributed by atoms with Crippen LogP contribution >= 0.6 is 0 Å². The molecule has 0 radical (unpaired) electrons. The van der Waals surface area contributed by atoms with Gasteiger partial charge in [0.1, 0.15) is 0 Å². The third-order valence-corrected chi connectivity index (χ3v) is 3.24. The number of nitrogens with zero attached hydrogens (tertiary/aromatic N) is 2. The first kappa shape index (κ1) is 10.5. The molecular formula is C10H20N2O. The molecule has 3 heteroatoms. The maximum Gasteiger partial charge on any atom is 0.209 e. The first-order valence-electron chi connectivity index (χ1n) is 5.01. The lowest BCUT2D eigenvalue weighted by Crippen LogP contribution is -2.44. The van der Waals surface area contributed by atoms with Crippen molar-refractivity contribution in [1.29, 1.82) is 0 Å². The predicted octanol–water partition coefficient (Wildman–Crippen LogP) is 0.946. The van der Waals surface area contributed by atoms with Gasteiger partial charge in [-0.1, -0.05) is 0 Å². The fraction of sp³-hybridized carbons (Fsp3) is 0.900. The Morgan fingerprint density at radius 3 is 2.54 bits per heavy atom. The molecule has 1 aliphatic heterocycles. The van der Waals surface area contributed by atoms with E-state index < -0.39 is 0 Å². The van der Waals surface area contributed by atoms with Gasteiger partial charge in [-0.15, -0.1) is 0 Å². The van der Waals surface area contributed by atoms with Gasteiger partial charge in [0.15, 0.2) is 0 Å². The van der Waals surface area contributed by atoms with Gasteiger partial charge in [0.05, 0.1) is 0 Å². The van der Waals surface area contributed by atoms with Crippen LogP contribution in [-0.2, 0) is 4.79 Å². The molecule has 2 unspecified atom stereocenters. The van der Waals surface area contributed by atoms with E-state index in [-0.39, 0.29) is 0 Å². The number of amides is 1. The number of rotatable bonds is 3. The first-order chi connectivity index (χ1) is 6.07. The lowest BCUT2D eigenvalue weighted by atomic mass is 10.1. The minimum atomic E-state index is 0.366. The van der Waals surface area contributed by atoms with E-state index in [1.165, 1.54) is 0 Å². The second-order valence-electron chi connectivity index (χ2n) is 4.20. The molecule has 3 nitrogen and oxygen atoms in total. The molecule has 2 atom stereocenters. The second-order valence-corrected chi connectivity index (χ2v) is 4.20. The number of hydrogen-bond donors (Lipinski definition) is 0. The highest BCUT2D eigenvalue weighted by atomic mass is 16.1. The average Bonchev–Trinajstić information content (AvgIpc) is 2.45. The van der Waals surface area contributed by atoms with Gasteiger partial charge in [-0.2, -0.15) is 0 Å². The Bertz CT molecular complexity index is 182. The van der Waals surface area contributed by atoms with Crippen molar-refractivity contribution < 1.29 is 4.79 Å². The second kappa shape index (κ2) is 4.09. The topological polar surface area (TPSA) is 23.6 Å². The smallest absolute Gasteiger partial charge is 0.209 e. The molecule has 76 valence electrons. The van der Waals surface area contributed by atoms with E-state index in [0.717, 1.165) is 19.4 Å². The van der Waals surface area contributed by atoms with Crippen LogP contribution in [0.4, 0.5) is 0 Å². The molecule has 0 bridgehead atoms. The van der Waals surface area contributed by atoms with Gasteiger partial charge >= 0.3 is 0 Å². The number of likely N-dealkylation sites (N-methyl/N-ethyl adjacent to an activating group) is 1. The molecule has 1 heterocycles. The van der Waals surface area contributed by atoms with Crippen LogP contribution in [0.1, 0.15) is 27.2 Å². The molecule has 1 saturated heterocycles. The minimum Gasteiger partial charge on any atom is -0.341 e. The van der Waals surface area contributed by atoms with Crippen LogP contribution in [0.15, 0.2) is 0 Å². The fourth-order valence-corrected chi connectivity index (χ4v) is 2.02. The number of carbonyl (C=O) groups is 1. The van der Waals surface area contributed by atoms with Crippen molar-refractivity contribution in [2.75, 3.05) is 13.6 Å². The zero-order chi connectivity index (χ0) is 10.0. The SMILES string of the molecule is CC1C(N(C)C(C)C)CCN1C=O. The maximum absolute atomic E-state index is 10.7. The molecule has 1 amide bonds. The van der Waals surface area contributed by atoms with Crippen LogP contribution in [0.2, 0.25) is 0 Å². The van der Waals surface area contributed by atoms with Crippen molar-refractivity contribution in [2.24, 2.45) is 0 Å². The lowest BCUT2D eigenvalue weighted by molar-refractivity contribution is -0.119. The Morgan fingerprint density at radius 1 is 1.54 bits per heavy atom. The molecule has 0 saturated carbocycles. The van der Waals surface area contributed by atoms with Crippen LogP contribution in [0.5, 0.6) is 0 Å². The Hall–Kier alpha value is -0.570. The number of carbonyl (C=O) groups excluding carboxylic acids is 1. The zero-order valence-electron chi connectivity index (χ0n) is 9.03. The lowest BCUT2D eigenvalue weighted by Gasteiger charge is -2.32. The zero-order valence-corrected chi connectivity index (χ0v) is 9.03. The quantitative estimate of drug-likeness (QED) is 0.610. The predicted molar refractivity (Wildman–Crippen MR) is 53.5 cm³/mol. The van der Waals surface area contributed by atoms with E-state index in [0.29, 0.717) is 18.1 Å². The highest BCUT2D eigenvalue weighted by Gasteiger charge is 2.33. The van der Waals surface area contributed by atoms with Crippen molar-refractivity contribution in [3.63, 3.8) is 0 Å². The van der Waals surface area contributed by atoms with Gasteiger partial charge < -0.3 is 4.90 Å². The standard InChI is InChI=1S/C10H20N2O/c1-8(2)11(4)10-5-6-12(7-13)9(10)3/h7-10H,5-6H2,1-4H3. The normalized spacial score (nSPS) is 28.9. The minimum absolute atomic E-state index is 0.366. The van der Waals surface area contributed by atoms with E-state index in [1.807, 2.05) is 4.90 Å². The summed E-state index contributed by atoms with van der Waals surface area (Å²) in [5.74, 6) is 0. The van der Waals surface area contributed by atoms with Crippen molar-refractivity contribution in [1.82, 2.24) is 9.80 Å². The van der Waals surface area contributed by atoms with Gasteiger partial charge in [0, 0.05) is 24.7 Å². The van der Waals surface area contributed by atoms with Crippen LogP contribution < -0.4 is 0 Å². The summed E-state index contributed by atoms with van der Waals surface area (Å²) >= 11 is 0. The van der Waals surface area contributed by atoms with Crippen LogP contribution in [0.3, 0.4) is 0 Å². The number of likely N-dealkylation sites (tertiary alicyclic amines) is 1. The molecule has 0 spiro atoms. The molecule has 0 N–H and O–H groups in total. The molecule has 0 aliphatic carbocycles. The molecule has 1 rings (SSSR count). The average molecular weight is 184 g/mol. The first-order valence-corrected chi connectivity index (χ1v) is 5.01. The molecule has 0 aromatic rings. The van der Waals surface area contributed by atoms with Crippen LogP contribution in [-0.4, -0.2) is 47.9 Å². The van der Waals surface area contributed by atoms with E-state index in [2.05, 4.69) is 32.7 Å². The number of hydrogen-bond acceptors (Lipinski definition) is 2. The Balaban J connectivity index is 2.58. The van der Waals surface area contributed by atoms with E-state index in [9.17, 15) is 4.79 Å². The van der Waals surface area contributed by atoms with Crippen molar-refractivity contribution in [3.05, 3.63) is 0 Å². The highest BCUT2D eigenvalue weighted by Crippen LogP contribution is 2.21. The van der Waals surface area contributed by atoms with Crippen LogP contribution in [0.25, 0.3) is 0 Å². The Morgan fingerprint density at radius 2 is 2.15 bits per heavy atom. The summed E-state index contributed by atoms with van der Waals surface area (Å²) in [6, 6.07) is 1.45. The largest absolute Gasteiger partial charge is 0.341 e. The monoisotopic (exact) mass is 184 g/mol. The molecule has 1 fully saturated rings. The fourth-order valence-electron chi connectivity index (χ4n) is 2.02. The van der Waals surface area contributed by atoms with Gasteiger partial charge in [-0.25, -0.2) is 0 Å². The summed E-state index contributed by atoms with van der Waals surface area (Å²) in [5, 5.41) is 0. The Kier molecular flexibility index (Phi) is 3.31. The molecule has 0 aromatic heterocycles. The van der Waals surface area contributed by atoms with E-state index in [4.69, 9.17) is 0 Å². The summed E-state index contributed by atoms with van der Waals surface area (Å²) < 4.78 is 0. The van der Waals surface area contributed by atoms with Crippen molar-refractivity contribution in [2.45, 2.75) is 45.3 Å². The van der Waals surface area contributed by atoms with Gasteiger partial charge in [-0.3, -0.25) is 9.69 Å². The summed E-state index contributed by atoms with van der Waals surface area (Å²) in [5.41, 5.74) is 0. The third kappa shape index (κ3) is 2.02. The summed E-state index contributed by atoms with van der Waals surface area (Å²) in [4.78, 5) is 14.9. The Labute approximate surface area is 80.7 Å². The molecule has 1 aliphatic rings. The van der Waals surface area contributed by atoms with E-state index >= 15 is 0 Å². The highest BCUT2D eigenvalue weighted by molar-refractivity contribution is 5.48. The van der Waals surface area contributed by atoms with Crippen molar-refractivity contribution in [3.8, 4) is 0 Å². The van der Waals surface area contributed by atoms with Crippen LogP contribution in [0, 0.1) is 0 Å². The summed E-state index contributed by atoms with van der Waals surface area (Å²) in [6.45, 7) is 7.42. The van der Waals surface area contributed by atoms with Gasteiger partial charge in [-0.05, 0) is 34.2 Å². The molecule has 13 heavy (non-hydrogen) atoms. The summed E-state index contributed by atoms with van der Waals surface area (Å²) in [7, 11) is 2.14. The maximum atomic E-state index is 10.7. The van der Waals surface area contributed by atoms with E-state index in [1.54, 1.807) is 0 Å². The molecular weight excluding hydrogens is 164 g/mol. The van der Waals surface area contributed by atoms with Crippen molar-refractivity contribution >= 4 is 6.41 Å². The molecule has 0 aromatic carbocycles. The van der Waals surface area contributed by atoms with Gasteiger partial charge in [0.2, 0.25) is 6.41 Å².